The van der Waals surface area contributed by atoms with Crippen molar-refractivity contribution in [3.63, 3.8) is 0 Å². The Kier molecular flexibility index (Phi) is 10.4. The highest BCUT2D eigenvalue weighted by Gasteiger charge is 2.21. The van der Waals surface area contributed by atoms with Gasteiger partial charge >= 0.3 is 6.03 Å². The summed E-state index contributed by atoms with van der Waals surface area (Å²) in [5.74, 6) is -3.31. The maximum absolute atomic E-state index is 13.5. The first kappa shape index (κ1) is 26.2. The van der Waals surface area contributed by atoms with E-state index in [2.05, 4.69) is 16.1 Å². The third kappa shape index (κ3) is 8.85. The molecule has 0 bridgehead atoms. The standard InChI is InChI=1S/C23H27F2N6O3/c24-19-11-10-17(14-20(19)25)21(33)30-31(13-5-8-16-6-2-1-3-7-16)23(34)29-18(15-32)9-4-12-28-22(26)27/h1-3,6-7,10-11,14,18H,4-5,8-9,12-13H2,(H,29,34)(H,30,33)(H4,26,27,28)/t18-/m0/s1. The lowest BCUT2D eigenvalue weighted by Gasteiger charge is -2.25. The van der Waals surface area contributed by atoms with E-state index in [9.17, 15) is 23.2 Å². The molecule has 0 aliphatic heterocycles. The predicted molar refractivity (Wildman–Crippen MR) is 122 cm³/mol. The molecule has 34 heavy (non-hydrogen) atoms. The molecule has 11 heteroatoms. The maximum Gasteiger partial charge on any atom is 0.336 e. The summed E-state index contributed by atoms with van der Waals surface area (Å²) in [4.78, 5) is 36.6. The van der Waals surface area contributed by atoms with Crippen molar-refractivity contribution in [1.29, 1.82) is 5.41 Å². The highest BCUT2D eigenvalue weighted by Crippen LogP contribution is 2.09. The van der Waals surface area contributed by atoms with E-state index in [0.717, 1.165) is 28.8 Å². The number of carbonyl (C=O) groups excluding carboxylic acids is 3. The monoisotopic (exact) mass is 473 g/mol. The Balaban J connectivity index is 2.03. The van der Waals surface area contributed by atoms with Crippen LogP contribution in [0, 0.1) is 17.0 Å². The molecular weight excluding hydrogens is 446 g/mol. The van der Waals surface area contributed by atoms with Crippen LogP contribution in [0.4, 0.5) is 13.6 Å². The molecule has 0 saturated carbocycles. The van der Waals surface area contributed by atoms with Gasteiger partial charge in [-0.1, -0.05) is 30.3 Å². The third-order valence-electron chi connectivity index (χ3n) is 4.78. The largest absolute Gasteiger partial charge is 0.370 e. The number of carbonyl (C=O) groups is 2. The number of aryl methyl sites for hydroxylation is 1. The van der Waals surface area contributed by atoms with Crippen LogP contribution in [0.15, 0.2) is 48.5 Å². The average molecular weight is 474 g/mol. The van der Waals surface area contributed by atoms with Crippen molar-refractivity contribution in [2.24, 2.45) is 5.73 Å². The fraction of sp³-hybridized carbons (Fsp3) is 0.304. The van der Waals surface area contributed by atoms with Crippen LogP contribution in [0.25, 0.3) is 0 Å². The fourth-order valence-electron chi connectivity index (χ4n) is 3.04. The minimum absolute atomic E-state index is 0.0909. The molecule has 1 atom stereocenters. The lowest BCUT2D eigenvalue weighted by atomic mass is 10.1. The Morgan fingerprint density at radius 1 is 1.09 bits per heavy atom. The van der Waals surface area contributed by atoms with Crippen LogP contribution in [0.5, 0.6) is 0 Å². The van der Waals surface area contributed by atoms with Gasteiger partial charge in [0.25, 0.3) is 5.91 Å². The summed E-state index contributed by atoms with van der Waals surface area (Å²) in [6, 6.07) is 10.4. The van der Waals surface area contributed by atoms with E-state index in [0.29, 0.717) is 25.8 Å². The number of nitrogens with two attached hydrogens (primary N) is 1. The number of nitrogens with zero attached hydrogens (tertiary/aromatic N) is 1. The molecule has 1 radical (unpaired) electrons. The minimum Gasteiger partial charge on any atom is -0.370 e. The van der Waals surface area contributed by atoms with Gasteiger partial charge in [0.05, 0.1) is 6.04 Å². The molecule has 2 aromatic carbocycles. The quantitative estimate of drug-likeness (QED) is 0.147. The lowest BCUT2D eigenvalue weighted by Crippen LogP contribution is -2.53. The summed E-state index contributed by atoms with van der Waals surface area (Å²) in [6.45, 7) is 0.421. The number of urea groups is 1. The van der Waals surface area contributed by atoms with E-state index >= 15 is 0 Å². The molecule has 9 nitrogen and oxygen atoms in total. The van der Waals surface area contributed by atoms with Gasteiger partial charge in [-0.25, -0.2) is 18.6 Å². The van der Waals surface area contributed by atoms with Crippen LogP contribution in [-0.4, -0.2) is 48.3 Å². The number of halogens is 2. The van der Waals surface area contributed by atoms with Crippen LogP contribution in [-0.2, 0) is 11.2 Å². The normalized spacial score (nSPS) is 11.2. The van der Waals surface area contributed by atoms with Crippen molar-refractivity contribution in [2.75, 3.05) is 13.1 Å². The van der Waals surface area contributed by atoms with E-state index in [1.807, 2.05) is 30.3 Å². The second-order valence-electron chi connectivity index (χ2n) is 7.41. The minimum atomic E-state index is -1.19. The van der Waals surface area contributed by atoms with Crippen LogP contribution < -0.4 is 21.8 Å². The van der Waals surface area contributed by atoms with Gasteiger partial charge in [0.1, 0.15) is 0 Å². The summed E-state index contributed by atoms with van der Waals surface area (Å²) in [5.41, 5.74) is 8.44. The summed E-state index contributed by atoms with van der Waals surface area (Å²) >= 11 is 0. The van der Waals surface area contributed by atoms with Crippen molar-refractivity contribution in [1.82, 2.24) is 21.1 Å². The number of amides is 3. The van der Waals surface area contributed by atoms with Crippen molar-refractivity contribution < 1.29 is 23.2 Å². The summed E-state index contributed by atoms with van der Waals surface area (Å²) in [5, 5.41) is 13.2. The number of benzene rings is 2. The molecule has 0 unspecified atom stereocenters. The Hall–Kier alpha value is -4.02. The lowest BCUT2D eigenvalue weighted by molar-refractivity contribution is 0.0822. The van der Waals surface area contributed by atoms with Gasteiger partial charge in [-0.15, -0.1) is 0 Å². The smallest absolute Gasteiger partial charge is 0.336 e. The highest BCUT2D eigenvalue weighted by molar-refractivity contribution is 5.95. The Morgan fingerprint density at radius 3 is 2.47 bits per heavy atom. The molecule has 6 N–H and O–H groups in total. The number of hydrazine groups is 1. The second-order valence-corrected chi connectivity index (χ2v) is 7.41. The number of rotatable bonds is 11. The first-order chi connectivity index (χ1) is 16.3. The predicted octanol–water partition coefficient (Wildman–Crippen LogP) is 2.00. The molecule has 181 valence electrons. The number of nitrogens with one attached hydrogen (secondary N) is 4. The van der Waals surface area contributed by atoms with E-state index in [1.54, 1.807) is 6.29 Å². The summed E-state index contributed by atoms with van der Waals surface area (Å²) < 4.78 is 26.7. The van der Waals surface area contributed by atoms with Crippen molar-refractivity contribution in [3.05, 3.63) is 71.3 Å². The van der Waals surface area contributed by atoms with E-state index < -0.39 is 29.6 Å². The van der Waals surface area contributed by atoms with Crippen LogP contribution in [0.3, 0.4) is 0 Å². The van der Waals surface area contributed by atoms with Crippen molar-refractivity contribution >= 4 is 24.2 Å². The van der Waals surface area contributed by atoms with Gasteiger partial charge in [0, 0.05) is 18.7 Å². The van der Waals surface area contributed by atoms with Gasteiger partial charge in [-0.05, 0) is 49.4 Å². The SMILES string of the molecule is N=C(N)NCCC[C@@H]([C]=O)NC(=O)N(CCCc1ccccc1)NC(=O)c1ccc(F)c(F)c1. The molecule has 3 amide bonds. The van der Waals surface area contributed by atoms with Gasteiger partial charge < -0.3 is 16.4 Å². The van der Waals surface area contributed by atoms with Crippen molar-refractivity contribution in [2.45, 2.75) is 31.7 Å². The maximum atomic E-state index is 13.5. The Labute approximate surface area is 196 Å². The van der Waals surface area contributed by atoms with E-state index in [-0.39, 0.29) is 24.5 Å². The summed E-state index contributed by atoms with van der Waals surface area (Å²) in [7, 11) is 0. The Bertz CT molecular complexity index is 990. The molecule has 0 spiro atoms. The Morgan fingerprint density at radius 2 is 1.82 bits per heavy atom. The van der Waals surface area contributed by atoms with E-state index in [4.69, 9.17) is 11.1 Å². The van der Waals surface area contributed by atoms with Crippen LogP contribution >= 0.6 is 0 Å². The zero-order valence-electron chi connectivity index (χ0n) is 18.4. The first-order valence-corrected chi connectivity index (χ1v) is 10.6. The molecule has 0 fully saturated rings. The average Bonchev–Trinajstić information content (AvgIpc) is 2.82. The highest BCUT2D eigenvalue weighted by atomic mass is 19.2. The van der Waals surface area contributed by atoms with Gasteiger partial charge in [-0.2, -0.15) is 0 Å². The molecule has 0 heterocycles. The van der Waals surface area contributed by atoms with Gasteiger partial charge in [0.15, 0.2) is 17.6 Å². The third-order valence-corrected chi connectivity index (χ3v) is 4.78. The molecular formula is C23H27F2N6O3. The number of guanidine groups is 1. The van der Waals surface area contributed by atoms with E-state index in [1.165, 1.54) is 0 Å². The molecule has 0 saturated heterocycles. The second kappa shape index (κ2) is 13.5. The van der Waals surface area contributed by atoms with Gasteiger partial charge in [0.2, 0.25) is 6.29 Å². The molecule has 0 aliphatic rings. The topological polar surface area (TPSA) is 140 Å². The fourth-order valence-corrected chi connectivity index (χ4v) is 3.04. The van der Waals surface area contributed by atoms with Crippen molar-refractivity contribution in [3.8, 4) is 0 Å². The summed E-state index contributed by atoms with van der Waals surface area (Å²) in [6.07, 6.45) is 3.48. The zero-order valence-corrected chi connectivity index (χ0v) is 18.4. The molecule has 0 aliphatic carbocycles. The zero-order chi connectivity index (χ0) is 24.9. The first-order valence-electron chi connectivity index (χ1n) is 10.6. The number of hydrogen-bond acceptors (Lipinski definition) is 4. The van der Waals surface area contributed by atoms with Crippen LogP contribution in [0.1, 0.15) is 35.2 Å². The molecule has 2 aromatic rings. The molecule has 2 rings (SSSR count). The van der Waals surface area contributed by atoms with Gasteiger partial charge in [-0.3, -0.25) is 20.4 Å². The van der Waals surface area contributed by atoms with Crippen LogP contribution in [0.2, 0.25) is 0 Å². The molecule has 0 aromatic heterocycles. The number of hydrogen-bond donors (Lipinski definition) is 5.